The van der Waals surface area contributed by atoms with Crippen LogP contribution in [0.4, 0.5) is 15.8 Å². The molecule has 1 saturated heterocycles. The molecule has 1 amide bonds. The molecular weight excluding hydrogens is 269 g/mol. The number of likely N-dealkylation sites (N-methyl/N-ethyl adjacent to an activating group) is 1. The predicted molar refractivity (Wildman–Crippen MR) is 82.2 cm³/mol. The Kier molecular flexibility index (Phi) is 4.10. The van der Waals surface area contributed by atoms with Crippen molar-refractivity contribution >= 4 is 17.3 Å². The average molecular weight is 291 g/mol. The highest BCUT2D eigenvalue weighted by molar-refractivity contribution is 5.97. The van der Waals surface area contributed by atoms with Crippen LogP contribution >= 0.6 is 0 Å². The molecule has 0 aromatic heterocycles. The fourth-order valence-electron chi connectivity index (χ4n) is 3.20. The van der Waals surface area contributed by atoms with Gasteiger partial charge in [-0.05, 0) is 50.0 Å². The van der Waals surface area contributed by atoms with Gasteiger partial charge in [0.2, 0.25) is 5.91 Å². The second-order valence-electron chi connectivity index (χ2n) is 6.00. The van der Waals surface area contributed by atoms with Crippen LogP contribution in [-0.2, 0) is 4.79 Å². The fraction of sp³-hybridized carbons (Fsp3) is 0.562. The van der Waals surface area contributed by atoms with Gasteiger partial charge in [0.25, 0.3) is 0 Å². The SMILES string of the molecule is CN1CCN(C(=O)CCC2CCNC2)c2ccc(F)cc21. The number of nitrogens with one attached hydrogen (secondary N) is 1. The minimum absolute atomic E-state index is 0.155. The molecular formula is C16H22FN3O. The van der Waals surface area contributed by atoms with E-state index in [0.717, 1.165) is 43.9 Å². The van der Waals surface area contributed by atoms with Crippen LogP contribution in [-0.4, -0.2) is 39.1 Å². The largest absolute Gasteiger partial charge is 0.371 e. The highest BCUT2D eigenvalue weighted by Crippen LogP contribution is 2.33. The summed E-state index contributed by atoms with van der Waals surface area (Å²) in [4.78, 5) is 16.3. The molecule has 0 saturated carbocycles. The Bertz CT molecular complexity index is 528. The fourth-order valence-corrected chi connectivity index (χ4v) is 3.20. The molecule has 1 atom stereocenters. The maximum Gasteiger partial charge on any atom is 0.227 e. The molecule has 4 nitrogen and oxygen atoms in total. The summed E-state index contributed by atoms with van der Waals surface area (Å²) >= 11 is 0. The third-order valence-corrected chi connectivity index (χ3v) is 4.53. The van der Waals surface area contributed by atoms with Gasteiger partial charge in [0, 0.05) is 26.6 Å². The molecule has 3 rings (SSSR count). The van der Waals surface area contributed by atoms with E-state index in [2.05, 4.69) is 5.32 Å². The summed E-state index contributed by atoms with van der Waals surface area (Å²) in [5.74, 6) is 0.517. The molecule has 1 N–H and O–H groups in total. The number of amides is 1. The molecule has 5 heteroatoms. The van der Waals surface area contributed by atoms with Gasteiger partial charge in [0.15, 0.2) is 0 Å². The van der Waals surface area contributed by atoms with E-state index in [4.69, 9.17) is 0 Å². The third kappa shape index (κ3) is 3.02. The number of halogens is 1. The zero-order chi connectivity index (χ0) is 14.8. The van der Waals surface area contributed by atoms with Crippen LogP contribution in [0.25, 0.3) is 0 Å². The molecule has 1 unspecified atom stereocenters. The van der Waals surface area contributed by atoms with E-state index in [1.807, 2.05) is 16.8 Å². The molecule has 1 fully saturated rings. The lowest BCUT2D eigenvalue weighted by molar-refractivity contribution is -0.118. The highest BCUT2D eigenvalue weighted by atomic mass is 19.1. The van der Waals surface area contributed by atoms with Gasteiger partial charge < -0.3 is 15.1 Å². The molecule has 2 aliphatic heterocycles. The van der Waals surface area contributed by atoms with E-state index < -0.39 is 0 Å². The smallest absolute Gasteiger partial charge is 0.227 e. The van der Waals surface area contributed by atoms with E-state index in [0.29, 0.717) is 18.9 Å². The minimum Gasteiger partial charge on any atom is -0.371 e. The second kappa shape index (κ2) is 6.02. The molecule has 1 aromatic carbocycles. The normalized spacial score (nSPS) is 21.5. The Morgan fingerprint density at radius 1 is 1.38 bits per heavy atom. The standard InChI is InChI=1S/C16H22FN3O/c1-19-8-9-20(14-4-3-13(17)10-15(14)19)16(21)5-2-12-6-7-18-11-12/h3-4,10,12,18H,2,5-9,11H2,1H3. The maximum absolute atomic E-state index is 13.4. The molecule has 114 valence electrons. The zero-order valence-corrected chi connectivity index (χ0v) is 12.4. The zero-order valence-electron chi connectivity index (χ0n) is 12.4. The van der Waals surface area contributed by atoms with Crippen molar-refractivity contribution in [2.45, 2.75) is 19.3 Å². The number of carbonyl (C=O) groups is 1. The van der Waals surface area contributed by atoms with Gasteiger partial charge in [-0.2, -0.15) is 0 Å². The van der Waals surface area contributed by atoms with Gasteiger partial charge in [0.1, 0.15) is 5.82 Å². The quantitative estimate of drug-likeness (QED) is 0.925. The number of anilines is 2. The number of rotatable bonds is 3. The van der Waals surface area contributed by atoms with Crippen LogP contribution in [0.3, 0.4) is 0 Å². The third-order valence-electron chi connectivity index (χ3n) is 4.53. The van der Waals surface area contributed by atoms with E-state index in [1.54, 1.807) is 6.07 Å². The van der Waals surface area contributed by atoms with Crippen LogP contribution in [0.15, 0.2) is 18.2 Å². The summed E-state index contributed by atoms with van der Waals surface area (Å²) < 4.78 is 13.4. The number of benzene rings is 1. The first kappa shape index (κ1) is 14.3. The minimum atomic E-state index is -0.257. The monoisotopic (exact) mass is 291 g/mol. The molecule has 0 radical (unpaired) electrons. The summed E-state index contributed by atoms with van der Waals surface area (Å²) in [6.45, 7) is 3.51. The number of carbonyl (C=O) groups excluding carboxylic acids is 1. The van der Waals surface area contributed by atoms with Crippen molar-refractivity contribution in [3.63, 3.8) is 0 Å². The number of fused-ring (bicyclic) bond motifs is 1. The Morgan fingerprint density at radius 2 is 2.24 bits per heavy atom. The first-order chi connectivity index (χ1) is 10.1. The summed E-state index contributed by atoms with van der Waals surface area (Å²) in [7, 11) is 1.93. The predicted octanol–water partition coefficient (Wildman–Crippen LogP) is 2.00. The molecule has 21 heavy (non-hydrogen) atoms. The first-order valence-corrected chi connectivity index (χ1v) is 7.67. The highest BCUT2D eigenvalue weighted by Gasteiger charge is 2.26. The van der Waals surface area contributed by atoms with Crippen molar-refractivity contribution in [2.75, 3.05) is 43.0 Å². The molecule has 0 spiro atoms. The van der Waals surface area contributed by atoms with Gasteiger partial charge in [0.05, 0.1) is 11.4 Å². The van der Waals surface area contributed by atoms with Gasteiger partial charge in [-0.3, -0.25) is 4.79 Å². The van der Waals surface area contributed by atoms with Crippen molar-refractivity contribution in [1.29, 1.82) is 0 Å². The lowest BCUT2D eigenvalue weighted by atomic mass is 10.0. The van der Waals surface area contributed by atoms with Crippen LogP contribution in [0.1, 0.15) is 19.3 Å². The Labute approximate surface area is 124 Å². The van der Waals surface area contributed by atoms with Crippen molar-refractivity contribution < 1.29 is 9.18 Å². The number of nitrogens with zero attached hydrogens (tertiary/aromatic N) is 2. The van der Waals surface area contributed by atoms with Crippen molar-refractivity contribution in [2.24, 2.45) is 5.92 Å². The van der Waals surface area contributed by atoms with Crippen molar-refractivity contribution in [3.8, 4) is 0 Å². The van der Waals surface area contributed by atoms with E-state index in [1.165, 1.54) is 12.1 Å². The first-order valence-electron chi connectivity index (χ1n) is 7.67. The Balaban J connectivity index is 1.70. The number of hydrogen-bond donors (Lipinski definition) is 1. The Hall–Kier alpha value is -1.62. The Morgan fingerprint density at radius 3 is 3.00 bits per heavy atom. The summed E-state index contributed by atoms with van der Waals surface area (Å²) in [5.41, 5.74) is 1.64. The second-order valence-corrected chi connectivity index (χ2v) is 6.00. The van der Waals surface area contributed by atoms with Gasteiger partial charge in [-0.25, -0.2) is 4.39 Å². The summed E-state index contributed by atoms with van der Waals surface area (Å²) in [6, 6.07) is 4.66. The summed E-state index contributed by atoms with van der Waals surface area (Å²) in [5, 5.41) is 3.33. The van der Waals surface area contributed by atoms with Gasteiger partial charge in [-0.1, -0.05) is 0 Å². The van der Waals surface area contributed by atoms with Crippen molar-refractivity contribution in [1.82, 2.24) is 5.32 Å². The van der Waals surface area contributed by atoms with Crippen LogP contribution < -0.4 is 15.1 Å². The van der Waals surface area contributed by atoms with Crippen molar-refractivity contribution in [3.05, 3.63) is 24.0 Å². The van der Waals surface area contributed by atoms with Crippen LogP contribution in [0, 0.1) is 11.7 Å². The van der Waals surface area contributed by atoms with Gasteiger partial charge in [-0.15, -0.1) is 0 Å². The van der Waals surface area contributed by atoms with Gasteiger partial charge >= 0.3 is 0 Å². The topological polar surface area (TPSA) is 35.6 Å². The average Bonchev–Trinajstić information content (AvgIpc) is 2.99. The lowest BCUT2D eigenvalue weighted by Crippen LogP contribution is -2.42. The van der Waals surface area contributed by atoms with Crippen LogP contribution in [0.2, 0.25) is 0 Å². The molecule has 0 aliphatic carbocycles. The van der Waals surface area contributed by atoms with E-state index >= 15 is 0 Å². The van der Waals surface area contributed by atoms with E-state index in [9.17, 15) is 9.18 Å². The molecule has 1 aromatic rings. The lowest BCUT2D eigenvalue weighted by Gasteiger charge is -2.35. The van der Waals surface area contributed by atoms with Crippen LogP contribution in [0.5, 0.6) is 0 Å². The molecule has 0 bridgehead atoms. The summed E-state index contributed by atoms with van der Waals surface area (Å²) in [6.07, 6.45) is 2.68. The molecule has 2 aliphatic rings. The number of hydrogen-bond acceptors (Lipinski definition) is 3. The molecule has 2 heterocycles. The van der Waals surface area contributed by atoms with E-state index in [-0.39, 0.29) is 11.7 Å². The maximum atomic E-state index is 13.4.